The van der Waals surface area contributed by atoms with E-state index < -0.39 is 15.8 Å². The van der Waals surface area contributed by atoms with Crippen LogP contribution in [-0.4, -0.2) is 5.66 Å². The molecule has 0 bridgehead atoms. The molecule has 238 valence electrons. The predicted molar refractivity (Wildman–Crippen MR) is 212 cm³/mol. The molecule has 0 aromatic heterocycles. The summed E-state index contributed by atoms with van der Waals surface area (Å²) in [6.45, 7) is 20.4. The van der Waals surface area contributed by atoms with E-state index in [2.05, 4.69) is 178 Å². The van der Waals surface area contributed by atoms with Gasteiger partial charge in [0.15, 0.2) is 0 Å². The summed E-state index contributed by atoms with van der Waals surface area (Å²) in [7, 11) is -1.40. The number of hydrogen-bond acceptors (Lipinski definition) is 0. The molecule has 5 aromatic carbocycles. The third-order valence-electron chi connectivity index (χ3n) is 9.23. The van der Waals surface area contributed by atoms with Crippen LogP contribution in [-0.2, 0) is 0 Å². The molecule has 1 aliphatic carbocycles. The maximum absolute atomic E-state index is 2.49. The van der Waals surface area contributed by atoms with Gasteiger partial charge in [-0.25, -0.2) is 0 Å². The summed E-state index contributed by atoms with van der Waals surface area (Å²) < 4.78 is 0. The van der Waals surface area contributed by atoms with Gasteiger partial charge < -0.3 is 0 Å². The molecule has 5 aromatic rings. The highest BCUT2D eigenvalue weighted by Crippen LogP contribution is 2.49. The third kappa shape index (κ3) is 7.31. The number of rotatable bonds is 8. The molecule has 0 radical (unpaired) electrons. The van der Waals surface area contributed by atoms with Crippen LogP contribution in [0, 0.1) is 55.4 Å². The summed E-state index contributed by atoms with van der Waals surface area (Å²) in [5.41, 5.74) is 14.0. The van der Waals surface area contributed by atoms with Crippen molar-refractivity contribution in [2.45, 2.75) is 73.9 Å². The van der Waals surface area contributed by atoms with Crippen molar-refractivity contribution in [2.24, 2.45) is 0 Å². The van der Waals surface area contributed by atoms with Crippen LogP contribution in [0.3, 0.4) is 0 Å². The lowest BCUT2D eigenvalue weighted by Crippen LogP contribution is -2.27. The van der Waals surface area contributed by atoms with Gasteiger partial charge in [0.2, 0.25) is 0 Å². The Bertz CT molecular complexity index is 1830. The summed E-state index contributed by atoms with van der Waals surface area (Å²) >= 11 is 0. The zero-order valence-electron chi connectivity index (χ0n) is 29.5. The van der Waals surface area contributed by atoms with Crippen LogP contribution in [0.2, 0.25) is 0 Å². The Morgan fingerprint density at radius 3 is 1.30 bits per heavy atom. The first-order valence-corrected chi connectivity index (χ1v) is 19.6. The van der Waals surface area contributed by atoms with Gasteiger partial charge in [-0.3, -0.25) is 0 Å². The smallest absolute Gasteiger partial charge is 0.0247 e. The second-order valence-corrected chi connectivity index (χ2v) is 18.6. The van der Waals surface area contributed by atoms with E-state index in [9.17, 15) is 0 Å². The summed E-state index contributed by atoms with van der Waals surface area (Å²) in [6, 6.07) is 38.0. The Morgan fingerprint density at radius 1 is 0.489 bits per heavy atom. The molecule has 0 amide bonds. The first kappa shape index (κ1) is 33.3. The molecule has 0 aliphatic heterocycles. The number of aryl methyl sites for hydroxylation is 8. The minimum absolute atomic E-state index is 0.241. The largest absolute Gasteiger partial charge is 0.0729 e. The molecule has 47 heavy (non-hydrogen) atoms. The van der Waals surface area contributed by atoms with Gasteiger partial charge in [-0.05, 0) is 103 Å². The van der Waals surface area contributed by atoms with E-state index in [1.807, 2.05) is 0 Å². The molecule has 0 saturated heterocycles. The topological polar surface area (TPSA) is 0 Å². The molecule has 2 heteroatoms. The third-order valence-corrected chi connectivity index (χ3v) is 14.4. The summed E-state index contributed by atoms with van der Waals surface area (Å²) in [5, 5.41) is 7.28. The molecule has 1 unspecified atom stereocenters. The van der Waals surface area contributed by atoms with Crippen LogP contribution < -0.4 is 26.5 Å². The van der Waals surface area contributed by atoms with E-state index in [1.54, 1.807) is 0 Å². The van der Waals surface area contributed by atoms with E-state index in [1.165, 1.54) is 82.2 Å². The SMILES string of the molecule is Cc1cc(C)cc(P(c2cc(C)cc(C)c2)c2ccccc2C2C=CC=C2[C@H](C)P(c2cc(C)cc(C)c2)c2cc(C)cc(C)c2)c1. The van der Waals surface area contributed by atoms with Crippen molar-refractivity contribution in [3.63, 3.8) is 0 Å². The van der Waals surface area contributed by atoms with Gasteiger partial charge in [0.1, 0.15) is 0 Å². The lowest BCUT2D eigenvalue weighted by atomic mass is 9.92. The van der Waals surface area contributed by atoms with E-state index in [4.69, 9.17) is 0 Å². The molecule has 1 aliphatic rings. The Kier molecular flexibility index (Phi) is 9.85. The standard InChI is InChI=1S/C45H48P2/c1-29-17-30(2)22-38(21-29)46(39-23-31(3)18-32(4)24-39)37(9)42-14-12-15-43(42)44-13-10-11-16-45(44)47(40-25-33(5)19-34(6)26-40)41-27-35(7)20-36(8)28-41/h10-28,37,43H,1-9H3/t37-,43?/m0/s1. The summed E-state index contributed by atoms with van der Waals surface area (Å²) in [5.74, 6) is 0.241. The van der Waals surface area contributed by atoms with Crippen molar-refractivity contribution >= 4 is 42.4 Å². The van der Waals surface area contributed by atoms with Crippen molar-refractivity contribution < 1.29 is 0 Å². The summed E-state index contributed by atoms with van der Waals surface area (Å²) in [4.78, 5) is 0. The van der Waals surface area contributed by atoms with Crippen LogP contribution >= 0.6 is 15.8 Å². The fourth-order valence-corrected chi connectivity index (χ4v) is 13.6. The van der Waals surface area contributed by atoms with Crippen LogP contribution in [0.15, 0.2) is 121 Å². The van der Waals surface area contributed by atoms with Gasteiger partial charge in [-0.2, -0.15) is 0 Å². The van der Waals surface area contributed by atoms with Gasteiger partial charge in [-0.1, -0.05) is 172 Å². The molecular formula is C45H48P2. The maximum atomic E-state index is 2.49. The van der Waals surface area contributed by atoms with Crippen molar-refractivity contribution in [1.29, 1.82) is 0 Å². The second-order valence-electron chi connectivity index (χ2n) is 13.9. The van der Waals surface area contributed by atoms with Gasteiger partial charge in [-0.15, -0.1) is 0 Å². The maximum Gasteiger partial charge on any atom is 0.0247 e. The average Bonchev–Trinajstić information content (AvgIpc) is 3.46. The molecular weight excluding hydrogens is 602 g/mol. The van der Waals surface area contributed by atoms with Crippen molar-refractivity contribution in [2.75, 3.05) is 0 Å². The van der Waals surface area contributed by atoms with Gasteiger partial charge in [0.05, 0.1) is 0 Å². The molecule has 0 saturated carbocycles. The predicted octanol–water partition coefficient (Wildman–Crippen LogP) is 10.0. The number of benzene rings is 5. The van der Waals surface area contributed by atoms with Crippen LogP contribution in [0.5, 0.6) is 0 Å². The Balaban J connectivity index is 1.50. The number of allylic oxidation sites excluding steroid dienone is 4. The van der Waals surface area contributed by atoms with E-state index in [0.717, 1.165) is 0 Å². The molecule has 0 spiro atoms. The first-order chi connectivity index (χ1) is 22.5. The van der Waals surface area contributed by atoms with Crippen LogP contribution in [0.1, 0.15) is 62.9 Å². The monoisotopic (exact) mass is 650 g/mol. The molecule has 0 fully saturated rings. The fraction of sp³-hybridized carbons (Fsp3) is 0.244. The molecule has 0 N–H and O–H groups in total. The van der Waals surface area contributed by atoms with Crippen molar-refractivity contribution in [3.8, 4) is 0 Å². The van der Waals surface area contributed by atoms with E-state index in [0.29, 0.717) is 5.66 Å². The Morgan fingerprint density at radius 2 is 0.872 bits per heavy atom. The highest BCUT2D eigenvalue weighted by atomic mass is 31.1. The van der Waals surface area contributed by atoms with Crippen molar-refractivity contribution in [3.05, 3.63) is 171 Å². The molecule has 6 rings (SSSR count). The minimum Gasteiger partial charge on any atom is -0.0729 e. The quantitative estimate of drug-likeness (QED) is 0.147. The summed E-state index contributed by atoms with van der Waals surface area (Å²) in [6.07, 6.45) is 7.21. The van der Waals surface area contributed by atoms with Gasteiger partial charge >= 0.3 is 0 Å². The average molecular weight is 651 g/mol. The normalized spacial score (nSPS) is 15.0. The fourth-order valence-electron chi connectivity index (χ4n) is 7.64. The van der Waals surface area contributed by atoms with Gasteiger partial charge in [0, 0.05) is 11.6 Å². The lowest BCUT2D eigenvalue weighted by molar-refractivity contribution is 0.940. The zero-order valence-corrected chi connectivity index (χ0v) is 31.3. The Hall–Kier alpha value is -3.56. The van der Waals surface area contributed by atoms with Crippen molar-refractivity contribution in [1.82, 2.24) is 0 Å². The highest BCUT2D eigenvalue weighted by molar-refractivity contribution is 7.80. The zero-order chi connectivity index (χ0) is 33.4. The first-order valence-electron chi connectivity index (χ1n) is 16.9. The highest BCUT2D eigenvalue weighted by Gasteiger charge is 2.32. The van der Waals surface area contributed by atoms with Crippen LogP contribution in [0.25, 0.3) is 0 Å². The second kappa shape index (κ2) is 13.9. The van der Waals surface area contributed by atoms with E-state index >= 15 is 0 Å². The van der Waals surface area contributed by atoms with Crippen LogP contribution in [0.4, 0.5) is 0 Å². The molecule has 0 nitrogen and oxygen atoms in total. The lowest BCUT2D eigenvalue weighted by Gasteiger charge is -2.32. The van der Waals surface area contributed by atoms with E-state index in [-0.39, 0.29) is 5.92 Å². The minimum atomic E-state index is -0.762. The number of hydrogen-bond donors (Lipinski definition) is 0. The Labute approximate surface area is 286 Å². The molecule has 2 atom stereocenters. The van der Waals surface area contributed by atoms with Gasteiger partial charge in [0.25, 0.3) is 0 Å². The molecule has 0 heterocycles.